The number of hydrogen-bond acceptors (Lipinski definition) is 4. The molecule has 2 fully saturated rings. The summed E-state index contributed by atoms with van der Waals surface area (Å²) in [6.07, 6.45) is 5.76. The van der Waals surface area contributed by atoms with E-state index in [1.807, 2.05) is 5.38 Å². The second-order valence-electron chi connectivity index (χ2n) is 5.66. The summed E-state index contributed by atoms with van der Waals surface area (Å²) in [7, 11) is 0. The van der Waals surface area contributed by atoms with E-state index < -0.39 is 5.60 Å². The Kier molecular flexibility index (Phi) is 2.97. The van der Waals surface area contributed by atoms with Gasteiger partial charge in [0.1, 0.15) is 10.6 Å². The van der Waals surface area contributed by atoms with Crippen LogP contribution >= 0.6 is 11.3 Å². The predicted molar refractivity (Wildman–Crippen MR) is 69.0 cm³/mol. The van der Waals surface area contributed by atoms with E-state index in [1.54, 1.807) is 17.5 Å². The summed E-state index contributed by atoms with van der Waals surface area (Å²) >= 11 is 1.58. The van der Waals surface area contributed by atoms with Gasteiger partial charge in [0.25, 0.3) is 0 Å². The first kappa shape index (κ1) is 11.6. The van der Waals surface area contributed by atoms with Crippen molar-refractivity contribution in [1.29, 1.82) is 0 Å². The second kappa shape index (κ2) is 4.34. The number of thiazole rings is 1. The van der Waals surface area contributed by atoms with Gasteiger partial charge in [-0.1, -0.05) is 6.92 Å². The van der Waals surface area contributed by atoms with Crippen LogP contribution in [0.15, 0.2) is 11.6 Å². The van der Waals surface area contributed by atoms with Gasteiger partial charge in [-0.2, -0.15) is 0 Å². The maximum Gasteiger partial charge on any atom is 0.124 e. The molecule has 0 spiro atoms. The first-order valence-electron chi connectivity index (χ1n) is 6.54. The molecule has 0 radical (unpaired) electrons. The minimum Gasteiger partial charge on any atom is -0.383 e. The summed E-state index contributed by atoms with van der Waals surface area (Å²) in [4.78, 5) is 6.86. The zero-order chi connectivity index (χ0) is 11.9. The molecule has 17 heavy (non-hydrogen) atoms. The smallest absolute Gasteiger partial charge is 0.124 e. The number of aliphatic hydroxyl groups is 1. The highest BCUT2D eigenvalue weighted by Crippen LogP contribution is 2.40. The Morgan fingerprint density at radius 1 is 1.41 bits per heavy atom. The molecular formula is C13H20N2OS. The van der Waals surface area contributed by atoms with Crippen molar-refractivity contribution in [1.82, 2.24) is 9.88 Å². The minimum absolute atomic E-state index is 0.638. The molecule has 2 heterocycles. The molecule has 94 valence electrons. The largest absolute Gasteiger partial charge is 0.383 e. The quantitative estimate of drug-likeness (QED) is 0.877. The van der Waals surface area contributed by atoms with E-state index in [2.05, 4.69) is 16.8 Å². The highest BCUT2D eigenvalue weighted by atomic mass is 32.1. The van der Waals surface area contributed by atoms with Gasteiger partial charge in [-0.25, -0.2) is 4.98 Å². The van der Waals surface area contributed by atoms with Crippen LogP contribution in [-0.4, -0.2) is 34.1 Å². The topological polar surface area (TPSA) is 36.4 Å². The monoisotopic (exact) mass is 252 g/mol. The zero-order valence-electron chi connectivity index (χ0n) is 10.3. The Hall–Kier alpha value is -0.450. The summed E-state index contributed by atoms with van der Waals surface area (Å²) < 4.78 is 0. The van der Waals surface area contributed by atoms with Crippen LogP contribution in [0.1, 0.15) is 37.6 Å². The molecule has 0 aromatic carbocycles. The van der Waals surface area contributed by atoms with Gasteiger partial charge in [0.2, 0.25) is 0 Å². The van der Waals surface area contributed by atoms with Crippen LogP contribution in [0.2, 0.25) is 0 Å². The molecule has 4 heteroatoms. The molecule has 3 rings (SSSR count). The van der Waals surface area contributed by atoms with Gasteiger partial charge in [0.15, 0.2) is 0 Å². The van der Waals surface area contributed by atoms with Crippen molar-refractivity contribution in [3.8, 4) is 0 Å². The molecule has 1 aromatic rings. The molecule has 3 nitrogen and oxygen atoms in total. The van der Waals surface area contributed by atoms with Crippen molar-refractivity contribution in [2.45, 2.75) is 44.2 Å². The van der Waals surface area contributed by atoms with E-state index in [-0.39, 0.29) is 0 Å². The lowest BCUT2D eigenvalue weighted by Crippen LogP contribution is -2.53. The summed E-state index contributed by atoms with van der Waals surface area (Å²) in [6, 6.07) is 0.700. The fourth-order valence-corrected chi connectivity index (χ4v) is 3.95. The summed E-state index contributed by atoms with van der Waals surface area (Å²) in [5.74, 6) is 0.870. The van der Waals surface area contributed by atoms with E-state index in [0.717, 1.165) is 36.6 Å². The van der Waals surface area contributed by atoms with E-state index in [4.69, 9.17) is 0 Å². The molecule has 0 atom stereocenters. The lowest BCUT2D eigenvalue weighted by Gasteiger charge is -2.46. The summed E-state index contributed by atoms with van der Waals surface area (Å²) in [5.41, 5.74) is -0.638. The van der Waals surface area contributed by atoms with Crippen LogP contribution in [0.5, 0.6) is 0 Å². The number of hydrogen-bond donors (Lipinski definition) is 1. The predicted octanol–water partition coefficient (Wildman–Crippen LogP) is 2.23. The molecule has 2 aliphatic rings. The second-order valence-corrected chi connectivity index (χ2v) is 6.55. The van der Waals surface area contributed by atoms with Gasteiger partial charge in [-0.05, 0) is 31.6 Å². The average Bonchev–Trinajstić information content (AvgIpc) is 2.80. The highest BCUT2D eigenvalue weighted by Gasteiger charge is 2.40. The molecular weight excluding hydrogens is 232 g/mol. The van der Waals surface area contributed by atoms with Crippen molar-refractivity contribution < 1.29 is 5.11 Å². The maximum atomic E-state index is 10.6. The Balaban J connectivity index is 1.60. The van der Waals surface area contributed by atoms with Gasteiger partial charge in [-0.3, -0.25) is 4.90 Å². The van der Waals surface area contributed by atoms with Crippen molar-refractivity contribution >= 4 is 11.3 Å². The molecule has 1 saturated carbocycles. The van der Waals surface area contributed by atoms with E-state index in [0.29, 0.717) is 6.04 Å². The van der Waals surface area contributed by atoms with Crippen LogP contribution in [0.4, 0.5) is 0 Å². The van der Waals surface area contributed by atoms with Crippen LogP contribution in [0.3, 0.4) is 0 Å². The van der Waals surface area contributed by atoms with Gasteiger partial charge < -0.3 is 5.11 Å². The number of rotatable bonds is 2. The van der Waals surface area contributed by atoms with Crippen molar-refractivity contribution in [3.63, 3.8) is 0 Å². The van der Waals surface area contributed by atoms with Crippen LogP contribution in [0.25, 0.3) is 0 Å². The standard InChI is InChI=1S/C13H20N2OS/c1-10-8-15(9-10)11-2-4-13(16,5-3-11)12-14-6-7-17-12/h6-7,10-11,16H,2-5,8-9H2,1H3. The molecule has 0 bridgehead atoms. The van der Waals surface area contributed by atoms with Crippen LogP contribution in [-0.2, 0) is 5.60 Å². The fourth-order valence-electron chi connectivity index (χ4n) is 3.16. The molecule has 1 aliphatic carbocycles. The zero-order valence-corrected chi connectivity index (χ0v) is 11.1. The van der Waals surface area contributed by atoms with Crippen LogP contribution < -0.4 is 0 Å². The van der Waals surface area contributed by atoms with Crippen LogP contribution in [0, 0.1) is 5.92 Å². The van der Waals surface area contributed by atoms with E-state index in [9.17, 15) is 5.11 Å². The first-order chi connectivity index (χ1) is 8.17. The summed E-state index contributed by atoms with van der Waals surface area (Å²) in [5, 5.41) is 13.5. The molecule has 1 aromatic heterocycles. The molecule has 1 N–H and O–H groups in total. The van der Waals surface area contributed by atoms with Crippen molar-refractivity contribution in [2.24, 2.45) is 5.92 Å². The molecule has 0 unspecified atom stereocenters. The fraction of sp³-hybridized carbons (Fsp3) is 0.769. The van der Waals surface area contributed by atoms with Gasteiger partial charge >= 0.3 is 0 Å². The van der Waals surface area contributed by atoms with E-state index in [1.165, 1.54) is 13.1 Å². The lowest BCUT2D eigenvalue weighted by molar-refractivity contribution is -0.0439. The van der Waals surface area contributed by atoms with Crippen molar-refractivity contribution in [2.75, 3.05) is 13.1 Å². The molecule has 1 aliphatic heterocycles. The summed E-state index contributed by atoms with van der Waals surface area (Å²) in [6.45, 7) is 4.81. The third-order valence-electron chi connectivity index (χ3n) is 4.22. The van der Waals surface area contributed by atoms with Gasteiger partial charge in [-0.15, -0.1) is 11.3 Å². The van der Waals surface area contributed by atoms with E-state index >= 15 is 0 Å². The van der Waals surface area contributed by atoms with Crippen molar-refractivity contribution in [3.05, 3.63) is 16.6 Å². The lowest BCUT2D eigenvalue weighted by atomic mass is 9.80. The minimum atomic E-state index is -0.638. The Morgan fingerprint density at radius 2 is 2.12 bits per heavy atom. The first-order valence-corrected chi connectivity index (χ1v) is 7.42. The Bertz CT molecular complexity index is 365. The van der Waals surface area contributed by atoms with Gasteiger partial charge in [0.05, 0.1) is 0 Å². The SMILES string of the molecule is CC1CN(C2CCC(O)(c3nccs3)CC2)C1. The third kappa shape index (κ3) is 2.14. The number of likely N-dealkylation sites (tertiary alicyclic amines) is 1. The molecule has 0 amide bonds. The normalized spacial score (nSPS) is 35.8. The number of aromatic nitrogens is 1. The Morgan fingerprint density at radius 3 is 2.65 bits per heavy atom. The highest BCUT2D eigenvalue weighted by molar-refractivity contribution is 7.09. The molecule has 1 saturated heterocycles. The Labute approximate surface area is 106 Å². The maximum absolute atomic E-state index is 10.6. The number of nitrogens with zero attached hydrogens (tertiary/aromatic N) is 2. The van der Waals surface area contributed by atoms with Gasteiger partial charge in [0, 0.05) is 30.7 Å². The average molecular weight is 252 g/mol. The third-order valence-corrected chi connectivity index (χ3v) is 5.19.